The first-order valence-corrected chi connectivity index (χ1v) is 13.5. The molecule has 2 fully saturated rings. The Kier molecular flexibility index (Phi) is 7.81. The summed E-state index contributed by atoms with van der Waals surface area (Å²) in [5, 5.41) is 5.37. The smallest absolute Gasteiger partial charge is 0.347 e. The number of phosphoric acid groups is 1. The van der Waals surface area contributed by atoms with Crippen LogP contribution < -0.4 is 10.6 Å². The van der Waals surface area contributed by atoms with Crippen molar-refractivity contribution in [3.05, 3.63) is 54.6 Å². The highest BCUT2D eigenvalue weighted by Gasteiger charge is 2.53. The number of nitrogens with zero attached hydrogens (tertiary/aromatic N) is 4. The van der Waals surface area contributed by atoms with Gasteiger partial charge < -0.3 is 29.3 Å². The first kappa shape index (κ1) is 26.4. The van der Waals surface area contributed by atoms with E-state index in [1.54, 1.807) is 10.6 Å². The van der Waals surface area contributed by atoms with Crippen molar-refractivity contribution in [2.24, 2.45) is 0 Å². The number of phosphoric ester groups is 1. The molecule has 0 saturated carbocycles. The van der Waals surface area contributed by atoms with Gasteiger partial charge >= 0.3 is 13.9 Å². The SMILES string of the molecule is CCCNC(=O)Nc1ncnc2c1ncn2[C@@H]1O[C@H](COP(=O)(O)O)[C@@H]2OC(C=Cc3ccccc3)OC21. The lowest BCUT2D eigenvalue weighted by Crippen LogP contribution is -2.31. The summed E-state index contributed by atoms with van der Waals surface area (Å²) in [5.74, 6) is 0.213. The summed E-state index contributed by atoms with van der Waals surface area (Å²) in [4.78, 5) is 43.4. The highest BCUT2D eigenvalue weighted by Crippen LogP contribution is 2.43. The van der Waals surface area contributed by atoms with Crippen LogP contribution in [-0.4, -0.2) is 73.1 Å². The van der Waals surface area contributed by atoms with Crippen LogP contribution in [0.15, 0.2) is 49.1 Å². The Hall–Kier alpha value is -3.23. The predicted octanol–water partition coefficient (Wildman–Crippen LogP) is 2.19. The normalized spacial score (nSPS) is 25.2. The molecule has 5 atom stereocenters. The van der Waals surface area contributed by atoms with E-state index in [0.717, 1.165) is 12.0 Å². The van der Waals surface area contributed by atoms with Crippen molar-refractivity contribution in [3.63, 3.8) is 0 Å². The van der Waals surface area contributed by atoms with Crippen molar-refractivity contribution in [3.8, 4) is 0 Å². The number of nitrogens with one attached hydrogen (secondary N) is 2. The second-order valence-corrected chi connectivity index (χ2v) is 9.86. The summed E-state index contributed by atoms with van der Waals surface area (Å²) in [5.41, 5.74) is 1.64. The predicted molar refractivity (Wildman–Crippen MR) is 134 cm³/mol. The summed E-state index contributed by atoms with van der Waals surface area (Å²) in [7, 11) is -4.75. The van der Waals surface area contributed by atoms with Crippen LogP contribution in [0.2, 0.25) is 0 Å². The van der Waals surface area contributed by atoms with E-state index in [0.29, 0.717) is 17.7 Å². The summed E-state index contributed by atoms with van der Waals surface area (Å²) < 4.78 is 35.9. The molecule has 202 valence electrons. The van der Waals surface area contributed by atoms with Crippen molar-refractivity contribution < 1.29 is 37.9 Å². The number of urea groups is 1. The maximum absolute atomic E-state index is 12.2. The summed E-state index contributed by atoms with van der Waals surface area (Å²) in [6.07, 6.45) is 3.34. The Balaban J connectivity index is 1.40. The van der Waals surface area contributed by atoms with Gasteiger partial charge in [0.2, 0.25) is 0 Å². The van der Waals surface area contributed by atoms with Crippen molar-refractivity contribution >= 4 is 36.9 Å². The monoisotopic (exact) mass is 546 g/mol. The maximum Gasteiger partial charge on any atom is 0.469 e. The molecule has 0 aliphatic carbocycles. The molecule has 2 aliphatic rings. The Morgan fingerprint density at radius 3 is 2.71 bits per heavy atom. The van der Waals surface area contributed by atoms with E-state index in [-0.39, 0.29) is 5.82 Å². The van der Waals surface area contributed by atoms with Gasteiger partial charge in [0.25, 0.3) is 0 Å². The van der Waals surface area contributed by atoms with E-state index < -0.39 is 51.3 Å². The fourth-order valence-electron chi connectivity index (χ4n) is 4.25. The van der Waals surface area contributed by atoms with Gasteiger partial charge in [-0.25, -0.2) is 24.3 Å². The molecule has 0 bridgehead atoms. The van der Waals surface area contributed by atoms with Crippen LogP contribution in [-0.2, 0) is 23.3 Å². The lowest BCUT2D eigenvalue weighted by molar-refractivity contribution is -0.132. The number of amides is 2. The second-order valence-electron chi connectivity index (χ2n) is 8.62. The number of ether oxygens (including phenoxy) is 3. The van der Waals surface area contributed by atoms with E-state index >= 15 is 0 Å². The van der Waals surface area contributed by atoms with Gasteiger partial charge in [0.05, 0.1) is 12.9 Å². The number of imidazole rings is 1. The first-order chi connectivity index (χ1) is 18.3. The van der Waals surface area contributed by atoms with Crippen LogP contribution >= 0.6 is 7.82 Å². The number of aromatic nitrogens is 4. The van der Waals surface area contributed by atoms with E-state index in [2.05, 4.69) is 25.6 Å². The topological polar surface area (TPSA) is 179 Å². The zero-order chi connectivity index (χ0) is 26.7. The van der Waals surface area contributed by atoms with Crippen LogP contribution in [0, 0.1) is 0 Å². The molecule has 2 aromatic heterocycles. The molecule has 1 aromatic carbocycles. The molecule has 2 saturated heterocycles. The molecule has 15 heteroatoms. The van der Waals surface area contributed by atoms with Gasteiger partial charge in [-0.1, -0.05) is 43.3 Å². The van der Waals surface area contributed by atoms with Crippen LogP contribution in [0.3, 0.4) is 0 Å². The molecule has 3 aromatic rings. The average Bonchev–Trinajstić information content (AvgIpc) is 3.59. The summed E-state index contributed by atoms with van der Waals surface area (Å²) in [6.45, 7) is 2.02. The number of hydrogen-bond donors (Lipinski definition) is 4. The Bertz CT molecular complexity index is 1350. The third-order valence-corrected chi connectivity index (χ3v) is 6.41. The van der Waals surface area contributed by atoms with Crippen molar-refractivity contribution in [2.75, 3.05) is 18.5 Å². The zero-order valence-electron chi connectivity index (χ0n) is 20.3. The number of carbonyl (C=O) groups excluding carboxylic acids is 1. The van der Waals surface area contributed by atoms with Gasteiger partial charge in [0.15, 0.2) is 29.5 Å². The highest BCUT2D eigenvalue weighted by molar-refractivity contribution is 7.46. The number of anilines is 1. The molecule has 38 heavy (non-hydrogen) atoms. The van der Waals surface area contributed by atoms with E-state index in [1.807, 2.05) is 43.3 Å². The lowest BCUT2D eigenvalue weighted by atomic mass is 10.1. The number of fused-ring (bicyclic) bond motifs is 2. The van der Waals surface area contributed by atoms with E-state index in [9.17, 15) is 19.1 Å². The highest BCUT2D eigenvalue weighted by atomic mass is 31.2. The lowest BCUT2D eigenvalue weighted by Gasteiger charge is -2.20. The van der Waals surface area contributed by atoms with Gasteiger partial charge in [0.1, 0.15) is 24.6 Å². The fraction of sp³-hybridized carbons (Fsp3) is 0.391. The van der Waals surface area contributed by atoms with Gasteiger partial charge in [-0.05, 0) is 18.1 Å². The largest absolute Gasteiger partial charge is 0.469 e. The van der Waals surface area contributed by atoms with Crippen LogP contribution in [0.25, 0.3) is 17.2 Å². The molecule has 2 unspecified atom stereocenters. The van der Waals surface area contributed by atoms with E-state index in [1.165, 1.54) is 12.7 Å². The molecule has 5 rings (SSSR count). The molecular formula is C23H27N6O8P. The minimum atomic E-state index is -4.75. The Morgan fingerprint density at radius 1 is 1.16 bits per heavy atom. The molecule has 4 heterocycles. The number of hydrogen-bond acceptors (Lipinski definition) is 9. The third kappa shape index (κ3) is 5.92. The summed E-state index contributed by atoms with van der Waals surface area (Å²) in [6, 6.07) is 9.17. The van der Waals surface area contributed by atoms with Crippen LogP contribution in [0.5, 0.6) is 0 Å². The van der Waals surface area contributed by atoms with Gasteiger partial charge in [-0.2, -0.15) is 0 Å². The minimum Gasteiger partial charge on any atom is -0.347 e. The van der Waals surface area contributed by atoms with E-state index in [4.69, 9.17) is 18.7 Å². The molecule has 2 aliphatic heterocycles. The number of carbonyl (C=O) groups is 1. The summed E-state index contributed by atoms with van der Waals surface area (Å²) >= 11 is 0. The molecule has 0 radical (unpaired) electrons. The second kappa shape index (κ2) is 11.3. The van der Waals surface area contributed by atoms with Crippen LogP contribution in [0.1, 0.15) is 25.1 Å². The minimum absolute atomic E-state index is 0.213. The zero-order valence-corrected chi connectivity index (χ0v) is 21.2. The van der Waals surface area contributed by atoms with Gasteiger partial charge in [-0.15, -0.1) is 0 Å². The maximum atomic E-state index is 12.2. The molecule has 2 amide bonds. The number of benzene rings is 1. The molecular weight excluding hydrogens is 519 g/mol. The molecule has 14 nitrogen and oxygen atoms in total. The van der Waals surface area contributed by atoms with Gasteiger partial charge in [-0.3, -0.25) is 14.4 Å². The molecule has 0 spiro atoms. The number of rotatable bonds is 9. The van der Waals surface area contributed by atoms with Crippen molar-refractivity contribution in [1.82, 2.24) is 24.8 Å². The Labute approximate surface area is 217 Å². The van der Waals surface area contributed by atoms with Crippen molar-refractivity contribution in [1.29, 1.82) is 0 Å². The first-order valence-electron chi connectivity index (χ1n) is 11.9. The average molecular weight is 546 g/mol. The fourth-order valence-corrected chi connectivity index (χ4v) is 4.59. The van der Waals surface area contributed by atoms with Crippen molar-refractivity contribution in [2.45, 2.75) is 44.2 Å². The van der Waals surface area contributed by atoms with Gasteiger partial charge in [0, 0.05) is 6.54 Å². The molecule has 4 N–H and O–H groups in total. The third-order valence-electron chi connectivity index (χ3n) is 5.92. The quantitative estimate of drug-likeness (QED) is 0.289. The standard InChI is InChI=1S/C23H27N6O8P/c1-2-10-24-23(30)28-20-17-21(26-12-25-20)29(13-27-17)22-19-18(15(35-22)11-34-38(31,32)33)36-16(37-19)9-8-14-6-4-3-5-7-14/h3-9,12-13,15-16,18-19,22H,2,10-11H2,1H3,(H2,31,32,33)(H2,24,25,26,28,30)/t15-,16?,18+,19?,22-/m1/s1. The Morgan fingerprint density at radius 2 is 1.95 bits per heavy atom. The van der Waals surface area contributed by atoms with Crippen LogP contribution in [0.4, 0.5) is 10.6 Å².